The van der Waals surface area contributed by atoms with Gasteiger partial charge in [0.25, 0.3) is 5.97 Å². The lowest BCUT2D eigenvalue weighted by atomic mass is 9.94. The smallest absolute Gasteiger partial charge is 0.300 e. The van der Waals surface area contributed by atoms with Crippen molar-refractivity contribution >= 4 is 28.1 Å². The van der Waals surface area contributed by atoms with E-state index in [-0.39, 0.29) is 5.13 Å². The highest BCUT2D eigenvalue weighted by atomic mass is 32.1. The average Bonchev–Trinajstić information content (AvgIpc) is 3.46. The Morgan fingerprint density at radius 1 is 1.36 bits per heavy atom. The van der Waals surface area contributed by atoms with E-state index >= 15 is 0 Å². The quantitative estimate of drug-likeness (QED) is 0.423. The minimum atomic E-state index is -0.833. The molecule has 2 saturated heterocycles. The van der Waals surface area contributed by atoms with Crippen molar-refractivity contribution in [2.45, 2.75) is 71.9 Å². The van der Waals surface area contributed by atoms with E-state index in [0.717, 1.165) is 42.1 Å². The molecule has 0 radical (unpaired) electrons. The van der Waals surface area contributed by atoms with Gasteiger partial charge in [0.05, 0.1) is 11.9 Å². The van der Waals surface area contributed by atoms with Crippen LogP contribution in [0.3, 0.4) is 0 Å². The number of phenols is 1. The number of hydrogen-bond acceptors (Lipinski definition) is 7. The van der Waals surface area contributed by atoms with Crippen molar-refractivity contribution < 1.29 is 19.4 Å². The number of phenolic OH excluding ortho intramolecular Hbond substituents is 1. The number of carboxylic acids is 1. The van der Waals surface area contributed by atoms with E-state index < -0.39 is 5.97 Å². The van der Waals surface area contributed by atoms with Crippen molar-refractivity contribution in [3.8, 4) is 5.75 Å². The molecule has 2 aliphatic heterocycles. The summed E-state index contributed by atoms with van der Waals surface area (Å²) >= 11 is 0.999. The summed E-state index contributed by atoms with van der Waals surface area (Å²) < 4.78 is 12.0. The molecular weight excluding hydrogens is 443 g/mol. The first-order chi connectivity index (χ1) is 15.7. The van der Waals surface area contributed by atoms with Crippen molar-refractivity contribution in [1.82, 2.24) is 9.88 Å². The van der Waals surface area contributed by atoms with Gasteiger partial charge in [-0.25, -0.2) is 4.98 Å². The molecule has 0 amide bonds. The van der Waals surface area contributed by atoms with E-state index in [1.165, 1.54) is 38.4 Å². The number of nitrogens with zero attached hydrogens (tertiary/aromatic N) is 2. The number of carbonyl (C=O) groups is 1. The molecule has 2 fully saturated rings. The van der Waals surface area contributed by atoms with Crippen LogP contribution >= 0.6 is 11.3 Å². The number of carboxylic acid groups (broad SMARTS) is 1. The standard InChI is InChI=1S/C16H24N2O.C4H5FN2S.C2H4O2.C2H6/c1-12-4-5-14(15(19)10-12)17-11-16-7-3-9-18(16)13(2)6-8-16;1-6-4-7-2-3(5)8-4;1-2(3)4;1-2/h4-5,10,13,17,19H,3,6-9,11H2,1-2H3;2H,1H3,(H,6,7);1H3,(H,3,4);1-2H3. The number of anilines is 2. The fourth-order valence-electron chi connectivity index (χ4n) is 4.25. The number of aromatic nitrogens is 1. The number of rotatable bonds is 4. The van der Waals surface area contributed by atoms with Crippen LogP contribution in [-0.2, 0) is 4.79 Å². The van der Waals surface area contributed by atoms with Gasteiger partial charge in [-0.15, -0.1) is 0 Å². The number of hydrogen-bond donors (Lipinski definition) is 4. The molecule has 9 heteroatoms. The van der Waals surface area contributed by atoms with Crippen molar-refractivity contribution in [3.63, 3.8) is 0 Å². The number of thiazole rings is 1. The van der Waals surface area contributed by atoms with Crippen LogP contribution in [0.25, 0.3) is 0 Å². The molecule has 1 aromatic carbocycles. The largest absolute Gasteiger partial charge is 0.506 e. The summed E-state index contributed by atoms with van der Waals surface area (Å²) in [6.07, 6.45) is 6.38. The van der Waals surface area contributed by atoms with Gasteiger partial charge in [0.15, 0.2) is 10.3 Å². The zero-order valence-corrected chi connectivity index (χ0v) is 21.4. The Kier molecular flexibility index (Phi) is 12.2. The van der Waals surface area contributed by atoms with E-state index in [1.807, 2.05) is 39.0 Å². The molecule has 2 atom stereocenters. The Morgan fingerprint density at radius 3 is 2.55 bits per heavy atom. The van der Waals surface area contributed by atoms with Crippen molar-refractivity contribution in [2.75, 3.05) is 30.8 Å². The summed E-state index contributed by atoms with van der Waals surface area (Å²) in [5, 5.41) is 23.9. The molecule has 0 saturated carbocycles. The van der Waals surface area contributed by atoms with Crippen LogP contribution in [0.15, 0.2) is 24.4 Å². The Bertz CT molecular complexity index is 860. The van der Waals surface area contributed by atoms with Gasteiger partial charge in [-0.05, 0) is 63.8 Å². The summed E-state index contributed by atoms with van der Waals surface area (Å²) in [6.45, 7) is 11.6. The van der Waals surface area contributed by atoms with E-state index in [4.69, 9.17) is 9.90 Å². The van der Waals surface area contributed by atoms with Crippen molar-refractivity contribution in [2.24, 2.45) is 0 Å². The fraction of sp³-hybridized carbons (Fsp3) is 0.583. The van der Waals surface area contributed by atoms with Crippen LogP contribution in [0.2, 0.25) is 0 Å². The van der Waals surface area contributed by atoms with Gasteiger partial charge in [0.2, 0.25) is 0 Å². The molecule has 4 rings (SSSR count). The van der Waals surface area contributed by atoms with Gasteiger partial charge >= 0.3 is 0 Å². The molecular formula is C24H39FN4O3S. The van der Waals surface area contributed by atoms with Gasteiger partial charge in [0, 0.05) is 32.1 Å². The lowest BCUT2D eigenvalue weighted by Crippen LogP contribution is -2.46. The van der Waals surface area contributed by atoms with Gasteiger partial charge in [-0.1, -0.05) is 31.3 Å². The summed E-state index contributed by atoms with van der Waals surface area (Å²) in [6, 6.07) is 6.57. The fourth-order valence-corrected chi connectivity index (χ4v) is 4.75. The van der Waals surface area contributed by atoms with E-state index in [2.05, 4.69) is 27.4 Å². The highest BCUT2D eigenvalue weighted by Crippen LogP contribution is 2.42. The SMILES string of the molecule is CC.CC(=O)O.CNc1ncc(F)s1.Cc1ccc(NCC23CCCN2C(C)CC3)c(O)c1. The number of aromatic hydroxyl groups is 1. The molecule has 0 spiro atoms. The molecule has 3 heterocycles. The first kappa shape index (κ1) is 28.6. The zero-order chi connectivity index (χ0) is 25.0. The third-order valence-corrected chi connectivity index (χ3v) is 6.47. The van der Waals surface area contributed by atoms with Crippen LogP contribution in [-0.4, -0.2) is 57.8 Å². The third-order valence-electron chi connectivity index (χ3n) is 5.66. The number of halogens is 1. The summed E-state index contributed by atoms with van der Waals surface area (Å²) in [4.78, 5) is 15.3. The van der Waals surface area contributed by atoms with Gasteiger partial charge < -0.3 is 20.8 Å². The van der Waals surface area contributed by atoms with Gasteiger partial charge in [-0.2, -0.15) is 4.39 Å². The number of benzene rings is 1. The first-order valence-corrected chi connectivity index (χ1v) is 12.3. The third kappa shape index (κ3) is 8.81. The van der Waals surface area contributed by atoms with Crippen LogP contribution in [0.5, 0.6) is 5.75 Å². The van der Waals surface area contributed by atoms with Crippen LogP contribution in [0, 0.1) is 12.1 Å². The predicted octanol–water partition coefficient (Wildman–Crippen LogP) is 5.57. The number of fused-ring (bicyclic) bond motifs is 1. The number of aliphatic carboxylic acids is 1. The molecule has 186 valence electrons. The van der Waals surface area contributed by atoms with E-state index in [0.29, 0.717) is 16.4 Å². The first-order valence-electron chi connectivity index (χ1n) is 11.5. The molecule has 0 aliphatic carbocycles. The lowest BCUT2D eigenvalue weighted by Gasteiger charge is -2.34. The predicted molar refractivity (Wildman–Crippen MR) is 135 cm³/mol. The topological polar surface area (TPSA) is 97.7 Å². The molecule has 7 nitrogen and oxygen atoms in total. The molecule has 1 aromatic heterocycles. The monoisotopic (exact) mass is 482 g/mol. The second kappa shape index (κ2) is 14.0. The number of aryl methyl sites for hydroxylation is 1. The molecule has 2 aromatic rings. The summed E-state index contributed by atoms with van der Waals surface area (Å²) in [5.74, 6) is -0.466. The molecule has 0 bridgehead atoms. The molecule has 2 aliphatic rings. The average molecular weight is 483 g/mol. The second-order valence-electron chi connectivity index (χ2n) is 8.02. The Hall–Kier alpha value is -2.39. The van der Waals surface area contributed by atoms with Gasteiger partial charge in [-0.3, -0.25) is 9.69 Å². The van der Waals surface area contributed by atoms with E-state index in [1.54, 1.807) is 7.05 Å². The highest BCUT2D eigenvalue weighted by molar-refractivity contribution is 7.13. The van der Waals surface area contributed by atoms with Crippen LogP contribution < -0.4 is 10.6 Å². The second-order valence-corrected chi connectivity index (χ2v) is 9.00. The van der Waals surface area contributed by atoms with Gasteiger partial charge in [0.1, 0.15) is 5.75 Å². The van der Waals surface area contributed by atoms with Crippen LogP contribution in [0.1, 0.15) is 58.9 Å². The number of nitrogens with one attached hydrogen (secondary N) is 2. The maximum Gasteiger partial charge on any atom is 0.300 e. The molecule has 2 unspecified atom stereocenters. The maximum absolute atomic E-state index is 12.0. The minimum absolute atomic E-state index is 0.255. The van der Waals surface area contributed by atoms with Crippen molar-refractivity contribution in [1.29, 1.82) is 0 Å². The Labute approximate surface area is 201 Å². The molecule has 33 heavy (non-hydrogen) atoms. The van der Waals surface area contributed by atoms with E-state index in [9.17, 15) is 9.50 Å². The summed E-state index contributed by atoms with van der Waals surface area (Å²) in [5.41, 5.74) is 2.29. The lowest BCUT2D eigenvalue weighted by molar-refractivity contribution is -0.134. The van der Waals surface area contributed by atoms with Crippen LogP contribution in [0.4, 0.5) is 15.2 Å². The van der Waals surface area contributed by atoms with Crippen molar-refractivity contribution in [3.05, 3.63) is 35.1 Å². The molecule has 4 N–H and O–H groups in total. The summed E-state index contributed by atoms with van der Waals surface area (Å²) in [7, 11) is 1.71. The zero-order valence-electron chi connectivity index (χ0n) is 20.6. The Balaban J connectivity index is 0.000000323. The highest BCUT2D eigenvalue weighted by Gasteiger charge is 2.47. The minimum Gasteiger partial charge on any atom is -0.506 e. The maximum atomic E-state index is 12.0. The normalized spacial score (nSPS) is 20.8. The Morgan fingerprint density at radius 2 is 2.03 bits per heavy atom.